The maximum absolute atomic E-state index is 4.26. The van der Waals surface area contributed by atoms with Crippen molar-refractivity contribution in [3.63, 3.8) is 0 Å². The van der Waals surface area contributed by atoms with Crippen LogP contribution in [0.5, 0.6) is 0 Å². The molecule has 1 aliphatic rings. The number of nitrogens with zero attached hydrogens (tertiary/aromatic N) is 3. The Bertz CT molecular complexity index is 339. The molecule has 5 heteroatoms. The van der Waals surface area contributed by atoms with Gasteiger partial charge in [-0.3, -0.25) is 4.90 Å². The first-order valence-electron chi connectivity index (χ1n) is 6.60. The third kappa shape index (κ3) is 3.64. The fourth-order valence-electron chi connectivity index (χ4n) is 2.19. The predicted molar refractivity (Wildman–Crippen MR) is 72.4 cm³/mol. The molecule has 0 bridgehead atoms. The first-order valence-corrected chi connectivity index (χ1v) is 7.41. The molecule has 0 saturated carbocycles. The second-order valence-corrected chi connectivity index (χ2v) is 5.81. The largest absolute Gasteiger partial charge is 0.360 e. The Morgan fingerprint density at radius 2 is 2.29 bits per heavy atom. The number of likely N-dealkylation sites (tertiary alicyclic amines) is 1. The lowest BCUT2D eigenvalue weighted by Gasteiger charge is -2.32. The standard InChI is InChI=1S/C12H22N4S/c1-3-7-13-12-15-14-11(17-12)9-16-8-5-4-6-10(16)2/h10H,3-9H2,1-2H3,(H,13,15). The van der Waals surface area contributed by atoms with Crippen molar-refractivity contribution in [2.24, 2.45) is 0 Å². The smallest absolute Gasteiger partial charge is 0.205 e. The SMILES string of the molecule is CCCNc1nnc(CN2CCCCC2C)s1. The van der Waals surface area contributed by atoms with Crippen LogP contribution in [-0.2, 0) is 6.54 Å². The van der Waals surface area contributed by atoms with Crippen LogP contribution < -0.4 is 5.32 Å². The highest BCUT2D eigenvalue weighted by Gasteiger charge is 2.19. The van der Waals surface area contributed by atoms with Crippen LogP contribution in [0.25, 0.3) is 0 Å². The van der Waals surface area contributed by atoms with Crippen molar-refractivity contribution in [2.45, 2.75) is 52.1 Å². The maximum Gasteiger partial charge on any atom is 0.205 e. The minimum atomic E-state index is 0.694. The molecule has 4 nitrogen and oxygen atoms in total. The molecule has 1 aliphatic heterocycles. The average Bonchev–Trinajstić information content (AvgIpc) is 2.77. The van der Waals surface area contributed by atoms with Crippen molar-refractivity contribution in [3.8, 4) is 0 Å². The van der Waals surface area contributed by atoms with E-state index in [1.807, 2.05) is 0 Å². The van der Waals surface area contributed by atoms with E-state index in [0.717, 1.165) is 29.6 Å². The van der Waals surface area contributed by atoms with E-state index in [-0.39, 0.29) is 0 Å². The third-order valence-corrected chi connectivity index (χ3v) is 4.14. The van der Waals surface area contributed by atoms with Crippen LogP contribution in [0, 0.1) is 0 Å². The molecule has 1 aromatic rings. The molecule has 0 spiro atoms. The van der Waals surface area contributed by atoms with Crippen molar-refractivity contribution in [2.75, 3.05) is 18.4 Å². The highest BCUT2D eigenvalue weighted by Crippen LogP contribution is 2.22. The summed E-state index contributed by atoms with van der Waals surface area (Å²) in [5, 5.41) is 13.8. The molecule has 1 aromatic heterocycles. The topological polar surface area (TPSA) is 41.1 Å². The lowest BCUT2D eigenvalue weighted by atomic mass is 10.0. The molecule has 1 atom stereocenters. The van der Waals surface area contributed by atoms with Gasteiger partial charge in [0.15, 0.2) is 0 Å². The number of hydrogen-bond donors (Lipinski definition) is 1. The van der Waals surface area contributed by atoms with Crippen molar-refractivity contribution >= 4 is 16.5 Å². The van der Waals surface area contributed by atoms with Gasteiger partial charge in [0, 0.05) is 12.6 Å². The van der Waals surface area contributed by atoms with Gasteiger partial charge in [-0.2, -0.15) is 0 Å². The molecule has 2 heterocycles. The van der Waals surface area contributed by atoms with Gasteiger partial charge >= 0.3 is 0 Å². The van der Waals surface area contributed by atoms with Crippen molar-refractivity contribution in [3.05, 3.63) is 5.01 Å². The molecule has 1 saturated heterocycles. The molecule has 0 aromatic carbocycles. The second kappa shape index (κ2) is 6.31. The van der Waals surface area contributed by atoms with E-state index in [0.29, 0.717) is 6.04 Å². The van der Waals surface area contributed by atoms with Gasteiger partial charge in [0.1, 0.15) is 5.01 Å². The monoisotopic (exact) mass is 254 g/mol. The van der Waals surface area contributed by atoms with E-state index in [9.17, 15) is 0 Å². The van der Waals surface area contributed by atoms with Crippen LogP contribution >= 0.6 is 11.3 Å². The summed E-state index contributed by atoms with van der Waals surface area (Å²) in [4.78, 5) is 2.52. The van der Waals surface area contributed by atoms with Gasteiger partial charge in [0.05, 0.1) is 6.54 Å². The van der Waals surface area contributed by atoms with Crippen molar-refractivity contribution < 1.29 is 0 Å². The lowest BCUT2D eigenvalue weighted by Crippen LogP contribution is -2.36. The Balaban J connectivity index is 1.87. The Morgan fingerprint density at radius 1 is 1.41 bits per heavy atom. The summed E-state index contributed by atoms with van der Waals surface area (Å²) in [5.74, 6) is 0. The van der Waals surface area contributed by atoms with Gasteiger partial charge < -0.3 is 5.32 Å². The quantitative estimate of drug-likeness (QED) is 0.877. The Hall–Kier alpha value is -0.680. The van der Waals surface area contributed by atoms with Crippen LogP contribution in [0.4, 0.5) is 5.13 Å². The molecule has 17 heavy (non-hydrogen) atoms. The number of aromatic nitrogens is 2. The van der Waals surface area contributed by atoms with Gasteiger partial charge in [-0.15, -0.1) is 10.2 Å². The molecule has 0 aliphatic carbocycles. The minimum absolute atomic E-state index is 0.694. The van der Waals surface area contributed by atoms with Crippen LogP contribution in [0.3, 0.4) is 0 Å². The molecule has 2 rings (SSSR count). The van der Waals surface area contributed by atoms with Gasteiger partial charge in [-0.1, -0.05) is 24.7 Å². The Morgan fingerprint density at radius 3 is 3.06 bits per heavy atom. The van der Waals surface area contributed by atoms with Crippen molar-refractivity contribution in [1.82, 2.24) is 15.1 Å². The summed E-state index contributed by atoms with van der Waals surface area (Å²) in [6, 6.07) is 0.694. The molecule has 96 valence electrons. The summed E-state index contributed by atoms with van der Waals surface area (Å²) in [7, 11) is 0. The normalized spacial score (nSPS) is 21.6. The molecule has 0 radical (unpaired) electrons. The fraction of sp³-hybridized carbons (Fsp3) is 0.833. The van der Waals surface area contributed by atoms with Gasteiger partial charge in [0.25, 0.3) is 0 Å². The van der Waals surface area contributed by atoms with E-state index in [1.165, 1.54) is 25.8 Å². The molecular formula is C12H22N4S. The zero-order valence-corrected chi connectivity index (χ0v) is 11.6. The van der Waals surface area contributed by atoms with Crippen LogP contribution in [-0.4, -0.2) is 34.2 Å². The van der Waals surface area contributed by atoms with E-state index in [4.69, 9.17) is 0 Å². The van der Waals surface area contributed by atoms with E-state index >= 15 is 0 Å². The number of nitrogens with one attached hydrogen (secondary N) is 1. The molecule has 1 fully saturated rings. The van der Waals surface area contributed by atoms with Crippen LogP contribution in [0.1, 0.15) is 44.5 Å². The summed E-state index contributed by atoms with van der Waals surface area (Å²) in [6.07, 6.45) is 5.14. The van der Waals surface area contributed by atoms with Gasteiger partial charge in [0.2, 0.25) is 5.13 Å². The number of hydrogen-bond acceptors (Lipinski definition) is 5. The number of piperidine rings is 1. The van der Waals surface area contributed by atoms with Gasteiger partial charge in [-0.05, 0) is 32.7 Å². The van der Waals surface area contributed by atoms with Crippen LogP contribution in [0.2, 0.25) is 0 Å². The number of rotatable bonds is 5. The molecule has 1 unspecified atom stereocenters. The highest BCUT2D eigenvalue weighted by molar-refractivity contribution is 7.15. The molecular weight excluding hydrogens is 232 g/mol. The highest BCUT2D eigenvalue weighted by atomic mass is 32.1. The van der Waals surface area contributed by atoms with E-state index < -0.39 is 0 Å². The first kappa shape index (κ1) is 12.8. The Labute approximate surface area is 107 Å². The zero-order valence-electron chi connectivity index (χ0n) is 10.8. The predicted octanol–water partition coefficient (Wildman–Crippen LogP) is 2.73. The summed E-state index contributed by atoms with van der Waals surface area (Å²) >= 11 is 1.69. The maximum atomic E-state index is 4.26. The van der Waals surface area contributed by atoms with Crippen molar-refractivity contribution in [1.29, 1.82) is 0 Å². The number of anilines is 1. The Kier molecular flexibility index (Phi) is 4.74. The van der Waals surface area contributed by atoms with Gasteiger partial charge in [-0.25, -0.2) is 0 Å². The van der Waals surface area contributed by atoms with E-state index in [1.54, 1.807) is 11.3 Å². The summed E-state index contributed by atoms with van der Waals surface area (Å²) < 4.78 is 0. The second-order valence-electron chi connectivity index (χ2n) is 4.74. The lowest BCUT2D eigenvalue weighted by molar-refractivity contribution is 0.152. The first-order chi connectivity index (χ1) is 8.29. The summed E-state index contributed by atoms with van der Waals surface area (Å²) in [5.41, 5.74) is 0. The molecule has 1 N–H and O–H groups in total. The average molecular weight is 254 g/mol. The fourth-order valence-corrected chi connectivity index (χ4v) is 2.98. The zero-order chi connectivity index (χ0) is 12.1. The minimum Gasteiger partial charge on any atom is -0.360 e. The summed E-state index contributed by atoms with van der Waals surface area (Å²) in [6.45, 7) is 7.63. The van der Waals surface area contributed by atoms with E-state index in [2.05, 4.69) is 34.3 Å². The van der Waals surface area contributed by atoms with Crippen LogP contribution in [0.15, 0.2) is 0 Å². The molecule has 0 amide bonds. The third-order valence-electron chi connectivity index (χ3n) is 3.27.